The summed E-state index contributed by atoms with van der Waals surface area (Å²) in [5.41, 5.74) is 0.813. The second kappa shape index (κ2) is 5.65. The predicted molar refractivity (Wildman–Crippen MR) is 83.8 cm³/mol. The number of fused-ring (bicyclic) bond motifs is 2. The van der Waals surface area contributed by atoms with Crippen LogP contribution >= 0.6 is 0 Å². The van der Waals surface area contributed by atoms with E-state index in [1.54, 1.807) is 24.5 Å². The number of hydrogen-bond acceptors (Lipinski definition) is 2. The lowest BCUT2D eigenvalue weighted by Crippen LogP contribution is -2.36. The lowest BCUT2D eigenvalue weighted by molar-refractivity contribution is -0.126. The van der Waals surface area contributed by atoms with Crippen molar-refractivity contribution in [3.8, 4) is 0 Å². The molecule has 118 valence electrons. The van der Waals surface area contributed by atoms with E-state index in [1.807, 2.05) is 0 Å². The van der Waals surface area contributed by atoms with Gasteiger partial charge in [-0.05, 0) is 42.4 Å². The quantitative estimate of drug-likeness (QED) is 0.853. The van der Waals surface area contributed by atoms with Gasteiger partial charge in [-0.25, -0.2) is 9.37 Å². The van der Waals surface area contributed by atoms with E-state index >= 15 is 0 Å². The molecule has 0 radical (unpaired) electrons. The molecule has 2 N–H and O–H groups in total. The van der Waals surface area contributed by atoms with Gasteiger partial charge in [0, 0.05) is 18.3 Å². The molecule has 0 spiro atoms. The second-order valence-corrected chi connectivity index (χ2v) is 6.35. The van der Waals surface area contributed by atoms with Crippen molar-refractivity contribution in [3.05, 3.63) is 66.0 Å². The number of carbonyl (C=O) groups excluding carboxylic acids is 1. The van der Waals surface area contributed by atoms with E-state index in [0.29, 0.717) is 17.7 Å². The number of allylic oxidation sites excluding steroid dienone is 2. The Labute approximate surface area is 133 Å². The van der Waals surface area contributed by atoms with Crippen molar-refractivity contribution < 1.29 is 9.18 Å². The molecule has 1 amide bonds. The number of benzene rings is 1. The lowest BCUT2D eigenvalue weighted by atomic mass is 9.92. The smallest absolute Gasteiger partial charge is 0.224 e. The number of halogens is 1. The van der Waals surface area contributed by atoms with Gasteiger partial charge in [-0.3, -0.25) is 4.79 Å². The summed E-state index contributed by atoms with van der Waals surface area (Å²) >= 11 is 0. The largest absolute Gasteiger partial charge is 0.347 e. The van der Waals surface area contributed by atoms with Gasteiger partial charge in [-0.15, -0.1) is 0 Å². The van der Waals surface area contributed by atoms with Gasteiger partial charge in [0.2, 0.25) is 5.91 Å². The first-order chi connectivity index (χ1) is 11.2. The molecule has 4 nitrogen and oxygen atoms in total. The summed E-state index contributed by atoms with van der Waals surface area (Å²) in [4.78, 5) is 20.0. The first-order valence-corrected chi connectivity index (χ1v) is 7.94. The van der Waals surface area contributed by atoms with Crippen molar-refractivity contribution in [2.75, 3.05) is 0 Å². The van der Waals surface area contributed by atoms with Crippen LogP contribution in [-0.4, -0.2) is 15.9 Å². The summed E-state index contributed by atoms with van der Waals surface area (Å²) in [6, 6.07) is 5.78. The van der Waals surface area contributed by atoms with Gasteiger partial charge in [0.1, 0.15) is 17.7 Å². The number of aromatic amines is 1. The first kappa shape index (κ1) is 14.2. The maximum atomic E-state index is 13.2. The van der Waals surface area contributed by atoms with Crippen LogP contribution in [-0.2, 0) is 4.79 Å². The Bertz CT molecular complexity index is 723. The summed E-state index contributed by atoms with van der Waals surface area (Å²) in [7, 11) is 0. The molecule has 4 rings (SSSR count). The Balaban J connectivity index is 1.57. The molecule has 1 aromatic heterocycles. The average Bonchev–Trinajstić information content (AvgIpc) is 3.30. The van der Waals surface area contributed by atoms with Crippen molar-refractivity contribution in [2.24, 2.45) is 17.8 Å². The lowest BCUT2D eigenvalue weighted by Gasteiger charge is -2.22. The number of nitrogens with zero attached hydrogens (tertiary/aromatic N) is 1. The first-order valence-electron chi connectivity index (χ1n) is 7.94. The predicted octanol–water partition coefficient (Wildman–Crippen LogP) is 2.97. The molecule has 2 aromatic rings. The van der Waals surface area contributed by atoms with E-state index in [9.17, 15) is 9.18 Å². The van der Waals surface area contributed by atoms with E-state index < -0.39 is 0 Å². The van der Waals surface area contributed by atoms with Crippen molar-refractivity contribution in [3.63, 3.8) is 0 Å². The molecule has 4 unspecified atom stereocenters. The van der Waals surface area contributed by atoms with Gasteiger partial charge in [0.15, 0.2) is 0 Å². The second-order valence-electron chi connectivity index (χ2n) is 6.35. The molecular weight excluding hydrogens is 293 g/mol. The van der Waals surface area contributed by atoms with Crippen LogP contribution in [0.2, 0.25) is 0 Å². The highest BCUT2D eigenvalue weighted by Crippen LogP contribution is 2.43. The summed E-state index contributed by atoms with van der Waals surface area (Å²) in [5, 5.41) is 3.09. The minimum Gasteiger partial charge on any atom is -0.347 e. The van der Waals surface area contributed by atoms with Crippen LogP contribution in [0.25, 0.3) is 0 Å². The maximum Gasteiger partial charge on any atom is 0.224 e. The third kappa shape index (κ3) is 2.67. The monoisotopic (exact) mass is 311 g/mol. The highest BCUT2D eigenvalue weighted by Gasteiger charge is 2.40. The molecule has 0 saturated heterocycles. The molecule has 0 aliphatic heterocycles. The minimum absolute atomic E-state index is 0.0305. The fourth-order valence-corrected chi connectivity index (χ4v) is 3.73. The molecule has 4 atom stereocenters. The summed E-state index contributed by atoms with van der Waals surface area (Å²) in [5.74, 6) is 1.34. The Morgan fingerprint density at radius 3 is 2.70 bits per heavy atom. The zero-order valence-corrected chi connectivity index (χ0v) is 12.6. The van der Waals surface area contributed by atoms with Crippen LogP contribution in [0, 0.1) is 23.6 Å². The fourth-order valence-electron chi connectivity index (χ4n) is 3.73. The highest BCUT2D eigenvalue weighted by molar-refractivity contribution is 5.80. The number of rotatable bonds is 4. The Hall–Kier alpha value is -2.43. The van der Waals surface area contributed by atoms with E-state index in [4.69, 9.17) is 0 Å². The molecule has 2 aliphatic carbocycles. The fraction of sp³-hybridized carbons (Fsp3) is 0.333. The standard InChI is InChI=1S/C18H18FN3O/c19-14-5-3-12(4-6-14)16(17-20-7-8-21-17)22-18(23)15-10-11-1-2-13(15)9-11/h1-8,11,13,15-16H,9-10H2,(H,20,21)(H,22,23). The van der Waals surface area contributed by atoms with Gasteiger partial charge in [0.05, 0.1) is 0 Å². The number of hydrogen-bond donors (Lipinski definition) is 2. The number of imidazole rings is 1. The van der Waals surface area contributed by atoms with Gasteiger partial charge >= 0.3 is 0 Å². The van der Waals surface area contributed by atoms with E-state index in [0.717, 1.165) is 18.4 Å². The molecular formula is C18H18FN3O. The molecule has 1 saturated carbocycles. The zero-order chi connectivity index (χ0) is 15.8. The molecule has 1 fully saturated rings. The number of amides is 1. The third-order valence-electron chi connectivity index (χ3n) is 4.90. The molecule has 2 bridgehead atoms. The Morgan fingerprint density at radius 2 is 2.09 bits per heavy atom. The van der Waals surface area contributed by atoms with Gasteiger partial charge < -0.3 is 10.3 Å². The van der Waals surface area contributed by atoms with Crippen molar-refractivity contribution in [2.45, 2.75) is 18.9 Å². The minimum atomic E-state index is -0.388. The highest BCUT2D eigenvalue weighted by atomic mass is 19.1. The van der Waals surface area contributed by atoms with E-state index in [-0.39, 0.29) is 23.7 Å². The van der Waals surface area contributed by atoms with Crippen LogP contribution in [0.4, 0.5) is 4.39 Å². The van der Waals surface area contributed by atoms with Crippen molar-refractivity contribution >= 4 is 5.91 Å². The van der Waals surface area contributed by atoms with Crippen LogP contribution in [0.15, 0.2) is 48.8 Å². The Kier molecular flexibility index (Phi) is 3.48. The summed E-state index contributed by atoms with van der Waals surface area (Å²) in [6.07, 6.45) is 9.76. The van der Waals surface area contributed by atoms with Crippen molar-refractivity contribution in [1.82, 2.24) is 15.3 Å². The van der Waals surface area contributed by atoms with Crippen molar-refractivity contribution in [1.29, 1.82) is 0 Å². The van der Waals surface area contributed by atoms with Crippen LogP contribution in [0.1, 0.15) is 30.3 Å². The molecule has 23 heavy (non-hydrogen) atoms. The van der Waals surface area contributed by atoms with Gasteiger partial charge in [0.25, 0.3) is 0 Å². The maximum absolute atomic E-state index is 13.2. The van der Waals surface area contributed by atoms with Crippen LogP contribution in [0.5, 0.6) is 0 Å². The zero-order valence-electron chi connectivity index (χ0n) is 12.6. The van der Waals surface area contributed by atoms with Crippen LogP contribution in [0.3, 0.4) is 0 Å². The SMILES string of the molecule is O=C(NC(c1ccc(F)cc1)c1ncc[nH]1)C1CC2C=CC1C2. The average molecular weight is 311 g/mol. The molecule has 1 heterocycles. The molecule has 2 aliphatic rings. The normalized spacial score (nSPS) is 26.4. The third-order valence-corrected chi connectivity index (χ3v) is 4.90. The van der Waals surface area contributed by atoms with E-state index in [1.165, 1.54) is 12.1 Å². The number of nitrogens with one attached hydrogen (secondary N) is 2. The van der Waals surface area contributed by atoms with E-state index in [2.05, 4.69) is 27.4 Å². The number of H-pyrrole nitrogens is 1. The van der Waals surface area contributed by atoms with Gasteiger partial charge in [-0.1, -0.05) is 24.3 Å². The van der Waals surface area contributed by atoms with Crippen LogP contribution < -0.4 is 5.32 Å². The molecule has 5 heteroatoms. The van der Waals surface area contributed by atoms with Gasteiger partial charge in [-0.2, -0.15) is 0 Å². The summed E-state index contributed by atoms with van der Waals surface area (Å²) < 4.78 is 13.2. The topological polar surface area (TPSA) is 57.8 Å². The Morgan fingerprint density at radius 1 is 1.26 bits per heavy atom. The number of aromatic nitrogens is 2. The number of carbonyl (C=O) groups is 1. The molecule has 1 aromatic carbocycles. The summed E-state index contributed by atoms with van der Waals surface area (Å²) in [6.45, 7) is 0.